The highest BCUT2D eigenvalue weighted by atomic mass is 16.5. The van der Waals surface area contributed by atoms with Crippen molar-refractivity contribution in [2.75, 3.05) is 20.3 Å². The third kappa shape index (κ3) is 2.75. The van der Waals surface area contributed by atoms with Crippen LogP contribution in [0.3, 0.4) is 0 Å². The Balaban J connectivity index is 1.63. The van der Waals surface area contributed by atoms with Gasteiger partial charge in [0.05, 0.1) is 13.7 Å². The van der Waals surface area contributed by atoms with Crippen LogP contribution in [0, 0.1) is 0 Å². The summed E-state index contributed by atoms with van der Waals surface area (Å²) in [5, 5.41) is 3.98. The van der Waals surface area contributed by atoms with E-state index in [0.29, 0.717) is 29.8 Å². The average Bonchev–Trinajstić information content (AvgIpc) is 3.16. The van der Waals surface area contributed by atoms with E-state index in [9.17, 15) is 0 Å². The maximum Gasteiger partial charge on any atom is 0.264 e. The number of methoxy groups -OCH3 is 1. The quantitative estimate of drug-likeness (QED) is 0.833. The molecular formula is C14H16N2O4. The van der Waals surface area contributed by atoms with Crippen LogP contribution in [0.4, 0.5) is 0 Å². The molecule has 6 heteroatoms. The minimum atomic E-state index is 0.223. The van der Waals surface area contributed by atoms with Crippen molar-refractivity contribution in [1.29, 1.82) is 0 Å². The van der Waals surface area contributed by atoms with Gasteiger partial charge in [0.25, 0.3) is 5.89 Å². The summed E-state index contributed by atoms with van der Waals surface area (Å²) in [6, 6.07) is 7.44. The van der Waals surface area contributed by atoms with Crippen molar-refractivity contribution in [2.45, 2.75) is 18.9 Å². The molecule has 0 radical (unpaired) electrons. The van der Waals surface area contributed by atoms with Crippen molar-refractivity contribution < 1.29 is 18.7 Å². The van der Waals surface area contributed by atoms with Gasteiger partial charge in [-0.3, -0.25) is 0 Å². The molecule has 1 fully saturated rings. The zero-order valence-electron chi connectivity index (χ0n) is 11.2. The van der Waals surface area contributed by atoms with Gasteiger partial charge in [-0.05, 0) is 18.6 Å². The van der Waals surface area contributed by atoms with Gasteiger partial charge in [-0.2, -0.15) is 4.98 Å². The molecule has 1 saturated heterocycles. The van der Waals surface area contributed by atoms with Crippen molar-refractivity contribution in [2.24, 2.45) is 0 Å². The van der Waals surface area contributed by atoms with Crippen LogP contribution in [0.25, 0.3) is 0 Å². The Morgan fingerprint density at radius 2 is 2.15 bits per heavy atom. The van der Waals surface area contributed by atoms with Gasteiger partial charge in [-0.1, -0.05) is 17.3 Å². The fraction of sp³-hybridized carbons (Fsp3) is 0.429. The van der Waals surface area contributed by atoms with Crippen molar-refractivity contribution >= 4 is 0 Å². The summed E-state index contributed by atoms with van der Waals surface area (Å²) in [7, 11) is 1.60. The third-order valence-corrected chi connectivity index (χ3v) is 3.20. The highest BCUT2D eigenvalue weighted by molar-refractivity contribution is 5.39. The zero-order chi connectivity index (χ0) is 13.8. The van der Waals surface area contributed by atoms with Crippen LogP contribution in [-0.2, 0) is 11.3 Å². The molecule has 0 unspecified atom stereocenters. The minimum absolute atomic E-state index is 0.223. The molecular weight excluding hydrogens is 260 g/mol. The summed E-state index contributed by atoms with van der Waals surface area (Å²) in [6.07, 6.45) is 0.937. The SMILES string of the molecule is COc1ccccc1OCc1nc([C@H]2CCOC2)no1. The van der Waals surface area contributed by atoms with Crippen LogP contribution < -0.4 is 9.47 Å². The van der Waals surface area contributed by atoms with Crippen LogP contribution in [0.1, 0.15) is 24.1 Å². The van der Waals surface area contributed by atoms with Gasteiger partial charge in [-0.25, -0.2) is 0 Å². The van der Waals surface area contributed by atoms with E-state index in [-0.39, 0.29) is 12.5 Å². The standard InChI is InChI=1S/C14H16N2O4/c1-17-11-4-2-3-5-12(11)19-9-13-15-14(16-20-13)10-6-7-18-8-10/h2-5,10H,6-9H2,1H3/t10-/m0/s1. The molecule has 0 N–H and O–H groups in total. The number of benzene rings is 1. The number of hydrogen-bond acceptors (Lipinski definition) is 6. The summed E-state index contributed by atoms with van der Waals surface area (Å²) < 4.78 is 21.4. The molecule has 1 aromatic carbocycles. The van der Waals surface area contributed by atoms with E-state index < -0.39 is 0 Å². The molecule has 0 bridgehead atoms. The van der Waals surface area contributed by atoms with Crippen molar-refractivity contribution in [3.63, 3.8) is 0 Å². The Bertz CT molecular complexity index is 564. The molecule has 0 saturated carbocycles. The van der Waals surface area contributed by atoms with E-state index in [1.807, 2.05) is 24.3 Å². The number of rotatable bonds is 5. The number of aromatic nitrogens is 2. The fourth-order valence-electron chi connectivity index (χ4n) is 2.11. The molecule has 3 rings (SSSR count). The summed E-state index contributed by atoms with van der Waals surface area (Å²) in [6.45, 7) is 1.64. The average molecular weight is 276 g/mol. The lowest BCUT2D eigenvalue weighted by Crippen LogP contribution is -2.01. The van der Waals surface area contributed by atoms with Crippen molar-refractivity contribution in [3.8, 4) is 11.5 Å². The van der Waals surface area contributed by atoms with Gasteiger partial charge < -0.3 is 18.7 Å². The van der Waals surface area contributed by atoms with Crippen molar-refractivity contribution in [3.05, 3.63) is 36.0 Å². The lowest BCUT2D eigenvalue weighted by Gasteiger charge is -2.07. The first-order valence-corrected chi connectivity index (χ1v) is 6.53. The minimum Gasteiger partial charge on any atom is -0.493 e. The van der Waals surface area contributed by atoms with Crippen LogP contribution in [0.5, 0.6) is 11.5 Å². The lowest BCUT2D eigenvalue weighted by molar-refractivity contribution is 0.192. The topological polar surface area (TPSA) is 66.6 Å². The largest absolute Gasteiger partial charge is 0.493 e. The number of hydrogen-bond donors (Lipinski definition) is 0. The second kappa shape index (κ2) is 5.92. The Morgan fingerprint density at radius 3 is 2.90 bits per heavy atom. The van der Waals surface area contributed by atoms with Gasteiger partial charge in [0.2, 0.25) is 0 Å². The van der Waals surface area contributed by atoms with Crippen LogP contribution >= 0.6 is 0 Å². The maximum absolute atomic E-state index is 5.64. The van der Waals surface area contributed by atoms with Crippen molar-refractivity contribution in [1.82, 2.24) is 10.1 Å². The van der Waals surface area contributed by atoms with E-state index in [1.165, 1.54) is 0 Å². The van der Waals surface area contributed by atoms with Crippen LogP contribution in [-0.4, -0.2) is 30.5 Å². The molecule has 2 heterocycles. The van der Waals surface area contributed by atoms with Gasteiger partial charge in [0.15, 0.2) is 23.9 Å². The lowest BCUT2D eigenvalue weighted by atomic mass is 10.1. The number of para-hydroxylation sites is 2. The maximum atomic E-state index is 5.64. The van der Waals surface area contributed by atoms with E-state index in [4.69, 9.17) is 18.7 Å². The van der Waals surface area contributed by atoms with Gasteiger partial charge in [0, 0.05) is 12.5 Å². The Morgan fingerprint density at radius 1 is 1.30 bits per heavy atom. The van der Waals surface area contributed by atoms with E-state index in [1.54, 1.807) is 7.11 Å². The van der Waals surface area contributed by atoms with E-state index >= 15 is 0 Å². The summed E-state index contributed by atoms with van der Waals surface area (Å²) in [5.74, 6) is 2.72. The molecule has 0 aliphatic carbocycles. The molecule has 2 aromatic rings. The Kier molecular flexibility index (Phi) is 3.83. The highest BCUT2D eigenvalue weighted by Gasteiger charge is 2.23. The molecule has 1 atom stereocenters. The first kappa shape index (κ1) is 12.9. The molecule has 0 spiro atoms. The first-order valence-electron chi connectivity index (χ1n) is 6.53. The summed E-state index contributed by atoms with van der Waals surface area (Å²) >= 11 is 0. The molecule has 0 amide bonds. The van der Waals surface area contributed by atoms with Crippen LogP contribution in [0.2, 0.25) is 0 Å². The normalized spacial score (nSPS) is 18.1. The molecule has 20 heavy (non-hydrogen) atoms. The third-order valence-electron chi connectivity index (χ3n) is 3.20. The molecule has 6 nitrogen and oxygen atoms in total. The monoisotopic (exact) mass is 276 g/mol. The smallest absolute Gasteiger partial charge is 0.264 e. The second-order valence-corrected chi connectivity index (χ2v) is 4.55. The predicted molar refractivity (Wildman–Crippen MR) is 69.8 cm³/mol. The number of nitrogens with zero attached hydrogens (tertiary/aromatic N) is 2. The molecule has 1 aromatic heterocycles. The second-order valence-electron chi connectivity index (χ2n) is 4.55. The Hall–Kier alpha value is -2.08. The van der Waals surface area contributed by atoms with Gasteiger partial charge in [-0.15, -0.1) is 0 Å². The predicted octanol–water partition coefficient (Wildman–Crippen LogP) is 2.16. The molecule has 106 valence electrons. The zero-order valence-corrected chi connectivity index (χ0v) is 11.2. The van der Waals surface area contributed by atoms with E-state index in [0.717, 1.165) is 13.0 Å². The summed E-state index contributed by atoms with van der Waals surface area (Å²) in [4.78, 5) is 4.34. The number of ether oxygens (including phenoxy) is 3. The summed E-state index contributed by atoms with van der Waals surface area (Å²) in [5.41, 5.74) is 0. The molecule has 1 aliphatic heterocycles. The van der Waals surface area contributed by atoms with Gasteiger partial charge >= 0.3 is 0 Å². The van der Waals surface area contributed by atoms with Gasteiger partial charge in [0.1, 0.15) is 0 Å². The molecule has 1 aliphatic rings. The van der Waals surface area contributed by atoms with Crippen LogP contribution in [0.15, 0.2) is 28.8 Å². The fourth-order valence-corrected chi connectivity index (χ4v) is 2.11. The Labute approximate surface area is 116 Å². The first-order chi connectivity index (χ1) is 9.86. The van der Waals surface area contributed by atoms with E-state index in [2.05, 4.69) is 10.1 Å². The highest BCUT2D eigenvalue weighted by Crippen LogP contribution is 2.27.